The second-order valence-corrected chi connectivity index (χ2v) is 6.44. The molecule has 3 rings (SSSR count). The molecule has 21 heavy (non-hydrogen) atoms. The highest BCUT2D eigenvalue weighted by atomic mass is 35.5. The zero-order valence-electron chi connectivity index (χ0n) is 11.8. The van der Waals surface area contributed by atoms with Crippen molar-refractivity contribution in [3.63, 3.8) is 0 Å². The van der Waals surface area contributed by atoms with E-state index < -0.39 is 5.60 Å². The molecule has 0 aromatic heterocycles. The van der Waals surface area contributed by atoms with E-state index in [0.717, 1.165) is 16.9 Å². The lowest BCUT2D eigenvalue weighted by Crippen LogP contribution is -2.04. The molecule has 4 heteroatoms. The lowest BCUT2D eigenvalue weighted by atomic mass is 10.0. The third kappa shape index (κ3) is 2.52. The van der Waals surface area contributed by atoms with Gasteiger partial charge in [0.05, 0.1) is 22.8 Å². The standard InChI is InChI=1S/C17H16Cl2O2/c1-17(20)15(10-3-6-12(21-2)7-4-10)16(17)11-5-8-13(18)14(19)9-11/h3-9,15-16,20H,1-2H3. The molecule has 0 bridgehead atoms. The van der Waals surface area contributed by atoms with E-state index in [2.05, 4.69) is 0 Å². The van der Waals surface area contributed by atoms with Crippen LogP contribution < -0.4 is 4.74 Å². The highest BCUT2D eigenvalue weighted by Gasteiger charge is 2.61. The second-order valence-electron chi connectivity index (χ2n) is 5.63. The molecule has 2 aromatic rings. The van der Waals surface area contributed by atoms with E-state index in [4.69, 9.17) is 27.9 Å². The number of benzene rings is 2. The highest BCUT2D eigenvalue weighted by molar-refractivity contribution is 6.42. The number of rotatable bonds is 3. The summed E-state index contributed by atoms with van der Waals surface area (Å²) in [6.07, 6.45) is 0. The van der Waals surface area contributed by atoms with Gasteiger partial charge >= 0.3 is 0 Å². The van der Waals surface area contributed by atoms with Gasteiger partial charge in [0.1, 0.15) is 5.75 Å². The van der Waals surface area contributed by atoms with Gasteiger partial charge in [0.2, 0.25) is 0 Å². The van der Waals surface area contributed by atoms with E-state index in [1.807, 2.05) is 43.3 Å². The number of methoxy groups -OCH3 is 1. The quantitative estimate of drug-likeness (QED) is 0.892. The summed E-state index contributed by atoms with van der Waals surface area (Å²) in [5.74, 6) is 0.895. The molecule has 1 fully saturated rings. The molecule has 1 aliphatic carbocycles. The van der Waals surface area contributed by atoms with Crippen LogP contribution in [0.4, 0.5) is 0 Å². The Hall–Kier alpha value is -1.22. The topological polar surface area (TPSA) is 29.5 Å². The molecule has 1 saturated carbocycles. The average Bonchev–Trinajstić information content (AvgIpc) is 3.04. The zero-order chi connectivity index (χ0) is 15.2. The van der Waals surface area contributed by atoms with Gasteiger partial charge in [0.15, 0.2) is 0 Å². The molecule has 2 aromatic carbocycles. The molecule has 3 unspecified atom stereocenters. The molecule has 110 valence electrons. The van der Waals surface area contributed by atoms with Gasteiger partial charge in [-0.1, -0.05) is 41.4 Å². The van der Waals surface area contributed by atoms with Gasteiger partial charge in [-0.15, -0.1) is 0 Å². The van der Waals surface area contributed by atoms with E-state index in [0.29, 0.717) is 10.0 Å². The van der Waals surface area contributed by atoms with Crippen LogP contribution in [0.2, 0.25) is 10.0 Å². The van der Waals surface area contributed by atoms with Crippen LogP contribution in [0.25, 0.3) is 0 Å². The second kappa shape index (κ2) is 5.20. The van der Waals surface area contributed by atoms with Crippen molar-refractivity contribution in [3.05, 3.63) is 63.6 Å². The Bertz CT molecular complexity index is 665. The first kappa shape index (κ1) is 14.7. The number of ether oxygens (including phenoxy) is 1. The van der Waals surface area contributed by atoms with Crippen molar-refractivity contribution < 1.29 is 9.84 Å². The van der Waals surface area contributed by atoms with Crippen LogP contribution >= 0.6 is 23.2 Å². The molecule has 1 N–H and O–H groups in total. The smallest absolute Gasteiger partial charge is 0.118 e. The third-order valence-corrected chi connectivity index (χ3v) is 5.00. The average molecular weight is 323 g/mol. The number of aliphatic hydroxyl groups is 1. The molecule has 0 amide bonds. The summed E-state index contributed by atoms with van der Waals surface area (Å²) in [5, 5.41) is 11.7. The first-order valence-corrected chi connectivity index (χ1v) is 7.52. The molecule has 0 spiro atoms. The summed E-state index contributed by atoms with van der Waals surface area (Å²) < 4.78 is 5.17. The van der Waals surface area contributed by atoms with Gasteiger partial charge in [-0.25, -0.2) is 0 Å². The molecule has 0 saturated heterocycles. The van der Waals surface area contributed by atoms with Gasteiger partial charge in [0.25, 0.3) is 0 Å². The predicted octanol–water partition coefficient (Wildman–Crippen LogP) is 4.63. The predicted molar refractivity (Wildman–Crippen MR) is 85.6 cm³/mol. The van der Waals surface area contributed by atoms with Crippen molar-refractivity contribution in [1.29, 1.82) is 0 Å². The molecule has 0 radical (unpaired) electrons. The first-order valence-electron chi connectivity index (χ1n) is 6.76. The van der Waals surface area contributed by atoms with Crippen LogP contribution in [0.15, 0.2) is 42.5 Å². The fourth-order valence-corrected chi connectivity index (χ4v) is 3.38. The van der Waals surface area contributed by atoms with E-state index in [9.17, 15) is 5.11 Å². The minimum atomic E-state index is -0.772. The summed E-state index contributed by atoms with van der Waals surface area (Å²) in [5.41, 5.74) is 1.33. The molecule has 2 nitrogen and oxygen atoms in total. The molecule has 0 aliphatic heterocycles. The van der Waals surface area contributed by atoms with E-state index >= 15 is 0 Å². The van der Waals surface area contributed by atoms with Crippen LogP contribution in [0.3, 0.4) is 0 Å². The minimum absolute atomic E-state index is 0.0284. The van der Waals surface area contributed by atoms with E-state index in [-0.39, 0.29) is 11.8 Å². The Morgan fingerprint density at radius 2 is 1.52 bits per heavy atom. The Morgan fingerprint density at radius 1 is 0.952 bits per heavy atom. The van der Waals surface area contributed by atoms with Gasteiger partial charge in [-0.3, -0.25) is 0 Å². The normalized spacial score (nSPS) is 27.5. The van der Waals surface area contributed by atoms with Gasteiger partial charge in [-0.2, -0.15) is 0 Å². The van der Waals surface area contributed by atoms with Crippen LogP contribution in [-0.2, 0) is 0 Å². The SMILES string of the molecule is COc1ccc(C2C(c3ccc(Cl)c(Cl)c3)C2(C)O)cc1. The Morgan fingerprint density at radius 3 is 2.10 bits per heavy atom. The number of hydrogen-bond donors (Lipinski definition) is 1. The first-order chi connectivity index (χ1) is 9.95. The lowest BCUT2D eigenvalue weighted by molar-refractivity contribution is 0.158. The summed E-state index contributed by atoms with van der Waals surface area (Å²) in [6.45, 7) is 1.86. The summed E-state index contributed by atoms with van der Waals surface area (Å²) >= 11 is 12.0. The van der Waals surface area contributed by atoms with Crippen molar-refractivity contribution in [2.75, 3.05) is 7.11 Å². The number of hydrogen-bond acceptors (Lipinski definition) is 2. The largest absolute Gasteiger partial charge is 0.497 e. The highest BCUT2D eigenvalue weighted by Crippen LogP contribution is 2.63. The Labute approximate surface area is 134 Å². The summed E-state index contributed by atoms with van der Waals surface area (Å²) in [7, 11) is 1.64. The fraction of sp³-hybridized carbons (Fsp3) is 0.294. The van der Waals surface area contributed by atoms with Crippen LogP contribution in [0.1, 0.15) is 29.9 Å². The van der Waals surface area contributed by atoms with Gasteiger partial charge in [0, 0.05) is 11.8 Å². The molecular formula is C17H16Cl2O2. The van der Waals surface area contributed by atoms with Crippen molar-refractivity contribution >= 4 is 23.2 Å². The van der Waals surface area contributed by atoms with Gasteiger partial charge < -0.3 is 9.84 Å². The molecule has 3 atom stereocenters. The summed E-state index contributed by atoms with van der Waals surface area (Å²) in [4.78, 5) is 0. The molecule has 1 aliphatic rings. The van der Waals surface area contributed by atoms with Crippen molar-refractivity contribution in [2.45, 2.75) is 24.4 Å². The zero-order valence-corrected chi connectivity index (χ0v) is 13.3. The lowest BCUT2D eigenvalue weighted by Gasteiger charge is -2.04. The van der Waals surface area contributed by atoms with Crippen molar-refractivity contribution in [2.24, 2.45) is 0 Å². The van der Waals surface area contributed by atoms with Crippen LogP contribution in [0, 0.1) is 0 Å². The Kier molecular flexibility index (Phi) is 3.64. The molecule has 0 heterocycles. The maximum absolute atomic E-state index is 10.6. The van der Waals surface area contributed by atoms with Gasteiger partial charge in [-0.05, 0) is 42.3 Å². The van der Waals surface area contributed by atoms with Crippen molar-refractivity contribution in [3.8, 4) is 5.75 Å². The Balaban J connectivity index is 1.91. The van der Waals surface area contributed by atoms with E-state index in [1.54, 1.807) is 13.2 Å². The van der Waals surface area contributed by atoms with E-state index in [1.165, 1.54) is 0 Å². The minimum Gasteiger partial charge on any atom is -0.497 e. The van der Waals surface area contributed by atoms with Crippen molar-refractivity contribution in [1.82, 2.24) is 0 Å². The monoisotopic (exact) mass is 322 g/mol. The molecular weight excluding hydrogens is 307 g/mol. The van der Waals surface area contributed by atoms with Crippen LogP contribution in [0.5, 0.6) is 5.75 Å². The maximum Gasteiger partial charge on any atom is 0.118 e. The fourth-order valence-electron chi connectivity index (χ4n) is 3.08. The third-order valence-electron chi connectivity index (χ3n) is 4.26. The maximum atomic E-state index is 10.6. The van der Waals surface area contributed by atoms with Crippen LogP contribution in [-0.4, -0.2) is 17.8 Å². The summed E-state index contributed by atoms with van der Waals surface area (Å²) in [6, 6.07) is 13.4. The number of halogens is 2.